The molecular weight excluding hydrogens is 352 g/mol. The lowest BCUT2D eigenvalue weighted by Gasteiger charge is -2.36. The molecule has 7 nitrogen and oxygen atoms in total. The maximum atomic E-state index is 12.4. The molecule has 1 aromatic heterocycles. The van der Waals surface area contributed by atoms with Crippen LogP contribution in [0.25, 0.3) is 0 Å². The topological polar surface area (TPSA) is 75.6 Å². The molecule has 3 heterocycles. The second-order valence-corrected chi connectivity index (χ2v) is 10.4. The van der Waals surface area contributed by atoms with E-state index in [1.807, 2.05) is 6.07 Å². The highest BCUT2D eigenvalue weighted by Gasteiger charge is 2.36. The van der Waals surface area contributed by atoms with Crippen molar-refractivity contribution in [1.29, 1.82) is 0 Å². The molecule has 0 radical (unpaired) electrons. The van der Waals surface area contributed by atoms with Gasteiger partial charge in [0.25, 0.3) is 0 Å². The first-order valence-electron chi connectivity index (χ1n) is 9.38. The van der Waals surface area contributed by atoms with Crippen molar-refractivity contribution in [3.63, 3.8) is 0 Å². The third-order valence-corrected chi connectivity index (χ3v) is 7.61. The Kier molecular flexibility index (Phi) is 5.44. The number of anilines is 2. The first-order chi connectivity index (χ1) is 12.2. The fourth-order valence-electron chi connectivity index (χ4n) is 3.37. The third kappa shape index (κ3) is 3.81. The van der Waals surface area contributed by atoms with Gasteiger partial charge in [-0.1, -0.05) is 0 Å². The van der Waals surface area contributed by atoms with Gasteiger partial charge < -0.3 is 14.5 Å². The molecule has 3 rings (SSSR count). The molecule has 0 aromatic carbocycles. The van der Waals surface area contributed by atoms with Crippen LogP contribution in [0.1, 0.15) is 45.7 Å². The van der Waals surface area contributed by atoms with Gasteiger partial charge in [0.1, 0.15) is 10.6 Å². The monoisotopic (exact) mass is 382 g/mol. The molecular formula is C18H30N4O3S. The Morgan fingerprint density at radius 3 is 2.46 bits per heavy atom. The van der Waals surface area contributed by atoms with Gasteiger partial charge in [-0.15, -0.1) is 0 Å². The first-order valence-corrected chi connectivity index (χ1v) is 11.3. The molecule has 0 spiro atoms. The van der Waals surface area contributed by atoms with E-state index in [4.69, 9.17) is 14.7 Å². The van der Waals surface area contributed by atoms with Crippen LogP contribution < -0.4 is 9.80 Å². The highest BCUT2D eigenvalue weighted by atomic mass is 32.2. The molecule has 2 aliphatic heterocycles. The van der Waals surface area contributed by atoms with Crippen molar-refractivity contribution < 1.29 is 13.2 Å². The molecule has 0 N–H and O–H groups in total. The van der Waals surface area contributed by atoms with Crippen LogP contribution >= 0.6 is 0 Å². The molecule has 2 fully saturated rings. The van der Waals surface area contributed by atoms with Crippen molar-refractivity contribution in [2.45, 2.75) is 50.8 Å². The largest absolute Gasteiger partial charge is 0.377 e. The number of hydrogen-bond donors (Lipinski definition) is 0. The van der Waals surface area contributed by atoms with Gasteiger partial charge >= 0.3 is 0 Å². The van der Waals surface area contributed by atoms with Crippen molar-refractivity contribution in [1.82, 2.24) is 9.97 Å². The molecule has 8 heteroatoms. The summed E-state index contributed by atoms with van der Waals surface area (Å²) < 4.78 is 29.2. The Morgan fingerprint density at radius 1 is 1.15 bits per heavy atom. The summed E-state index contributed by atoms with van der Waals surface area (Å²) in [5.41, 5.74) is 0.560. The highest BCUT2D eigenvalue weighted by Crippen LogP contribution is 2.32. The predicted octanol–water partition coefficient (Wildman–Crippen LogP) is 1.97. The minimum absolute atomic E-state index is 0.196. The van der Waals surface area contributed by atoms with E-state index < -0.39 is 14.6 Å². The van der Waals surface area contributed by atoms with Crippen LogP contribution in [-0.4, -0.2) is 63.5 Å². The van der Waals surface area contributed by atoms with Gasteiger partial charge in [0.15, 0.2) is 9.84 Å². The van der Waals surface area contributed by atoms with Crippen molar-refractivity contribution in [3.8, 4) is 0 Å². The zero-order valence-corrected chi connectivity index (χ0v) is 17.0. The fourth-order valence-corrected chi connectivity index (χ4v) is 3.85. The molecule has 26 heavy (non-hydrogen) atoms. The summed E-state index contributed by atoms with van der Waals surface area (Å²) in [7, 11) is -3.32. The van der Waals surface area contributed by atoms with Gasteiger partial charge in [0, 0.05) is 32.0 Å². The lowest BCUT2D eigenvalue weighted by Crippen LogP contribution is -2.45. The average molecular weight is 383 g/mol. The maximum Gasteiger partial charge on any atom is 0.227 e. The van der Waals surface area contributed by atoms with Crippen LogP contribution in [-0.2, 0) is 19.3 Å². The molecule has 1 atom stereocenters. The lowest BCUT2D eigenvalue weighted by atomic mass is 10.1. The van der Waals surface area contributed by atoms with Gasteiger partial charge in [-0.3, -0.25) is 0 Å². The summed E-state index contributed by atoms with van der Waals surface area (Å²) in [6.45, 7) is 9.42. The molecule has 2 saturated heterocycles. The summed E-state index contributed by atoms with van der Waals surface area (Å²) >= 11 is 0. The van der Waals surface area contributed by atoms with Gasteiger partial charge in [-0.25, -0.2) is 13.4 Å². The zero-order valence-electron chi connectivity index (χ0n) is 16.2. The zero-order chi connectivity index (χ0) is 18.9. The predicted molar refractivity (Wildman–Crippen MR) is 104 cm³/mol. The second kappa shape index (κ2) is 7.31. The molecule has 1 aromatic rings. The Hall–Kier alpha value is -1.41. The number of ether oxygens (including phenoxy) is 1. The minimum Gasteiger partial charge on any atom is -0.377 e. The van der Waals surface area contributed by atoms with Gasteiger partial charge in [-0.2, -0.15) is 4.98 Å². The number of morpholine rings is 1. The molecule has 0 saturated carbocycles. The first kappa shape index (κ1) is 19.4. The number of nitrogens with zero attached hydrogens (tertiary/aromatic N) is 4. The smallest absolute Gasteiger partial charge is 0.227 e. The molecule has 0 aliphatic carbocycles. The second-order valence-electron chi connectivity index (χ2n) is 7.86. The van der Waals surface area contributed by atoms with Gasteiger partial charge in [-0.05, 0) is 40.0 Å². The van der Waals surface area contributed by atoms with E-state index in [1.54, 1.807) is 13.8 Å². The van der Waals surface area contributed by atoms with Crippen molar-refractivity contribution in [2.75, 3.05) is 48.9 Å². The van der Waals surface area contributed by atoms with E-state index in [9.17, 15) is 8.42 Å². The summed E-state index contributed by atoms with van der Waals surface area (Å²) in [6.07, 6.45) is 4.73. The van der Waals surface area contributed by atoms with Crippen LogP contribution in [0.15, 0.2) is 6.07 Å². The Labute approximate surface area is 156 Å². The quantitative estimate of drug-likeness (QED) is 0.788. The van der Waals surface area contributed by atoms with E-state index in [2.05, 4.69) is 16.7 Å². The molecule has 146 valence electrons. The molecule has 0 bridgehead atoms. The summed E-state index contributed by atoms with van der Waals surface area (Å²) in [4.78, 5) is 13.9. The fraction of sp³-hybridized carbons (Fsp3) is 0.778. The van der Waals surface area contributed by atoms with E-state index in [1.165, 1.54) is 12.7 Å². The Balaban J connectivity index is 2.07. The average Bonchev–Trinajstić information content (AvgIpc) is 2.61. The van der Waals surface area contributed by atoms with Crippen molar-refractivity contribution >= 4 is 21.6 Å². The van der Waals surface area contributed by atoms with Gasteiger partial charge in [0.2, 0.25) is 5.95 Å². The Bertz CT molecular complexity index is 745. The summed E-state index contributed by atoms with van der Waals surface area (Å²) in [6, 6.07) is 2.04. The highest BCUT2D eigenvalue weighted by molar-refractivity contribution is 7.91. The standard InChI is InChI=1S/C18H30N4O3S/c1-14-13-25-11-10-22(14)16-12-15(18(2,3)26(4,23)24)19-17(20-16)21-8-6-5-7-9-21/h12,14H,5-11,13H2,1-4H3/t14-/m0/s1. The summed E-state index contributed by atoms with van der Waals surface area (Å²) in [5, 5.41) is 0. The van der Waals surface area contributed by atoms with Crippen LogP contribution in [0.3, 0.4) is 0 Å². The SMILES string of the molecule is C[C@H]1COCCN1c1cc(C(C)(C)S(C)(=O)=O)nc(N2CCCCC2)n1. The van der Waals surface area contributed by atoms with Crippen molar-refractivity contribution in [2.24, 2.45) is 0 Å². The molecule has 0 amide bonds. The van der Waals surface area contributed by atoms with Crippen molar-refractivity contribution in [3.05, 3.63) is 11.8 Å². The van der Waals surface area contributed by atoms with Gasteiger partial charge in [0.05, 0.1) is 24.9 Å². The van der Waals surface area contributed by atoms with Crippen LogP contribution in [0, 0.1) is 0 Å². The number of hydrogen-bond acceptors (Lipinski definition) is 7. The molecule has 0 unspecified atom stereocenters. The maximum absolute atomic E-state index is 12.4. The van der Waals surface area contributed by atoms with Crippen LogP contribution in [0.2, 0.25) is 0 Å². The minimum atomic E-state index is -3.32. The molecule has 2 aliphatic rings. The number of sulfone groups is 1. The van der Waals surface area contributed by atoms with E-state index >= 15 is 0 Å². The van der Waals surface area contributed by atoms with E-state index in [-0.39, 0.29) is 6.04 Å². The lowest BCUT2D eigenvalue weighted by molar-refractivity contribution is 0.0985. The number of aromatic nitrogens is 2. The van der Waals surface area contributed by atoms with E-state index in [0.29, 0.717) is 24.9 Å². The number of rotatable bonds is 4. The van der Waals surface area contributed by atoms with Crippen LogP contribution in [0.4, 0.5) is 11.8 Å². The third-order valence-electron chi connectivity index (χ3n) is 5.55. The number of piperidine rings is 1. The Morgan fingerprint density at radius 2 is 1.85 bits per heavy atom. The summed E-state index contributed by atoms with van der Waals surface area (Å²) in [5.74, 6) is 1.44. The van der Waals surface area contributed by atoms with Crippen LogP contribution in [0.5, 0.6) is 0 Å². The normalized spacial score (nSPS) is 22.5. The van der Waals surface area contributed by atoms with E-state index in [0.717, 1.165) is 38.3 Å².